The van der Waals surface area contributed by atoms with E-state index in [2.05, 4.69) is 26.0 Å². The van der Waals surface area contributed by atoms with Gasteiger partial charge in [0.1, 0.15) is 13.2 Å². The topological polar surface area (TPSA) is 103 Å². The van der Waals surface area contributed by atoms with E-state index in [9.17, 15) is 9.59 Å². The van der Waals surface area contributed by atoms with Gasteiger partial charge in [0.15, 0.2) is 0 Å². The van der Waals surface area contributed by atoms with Crippen LogP contribution in [0.4, 0.5) is 0 Å². The minimum Gasteiger partial charge on any atom is -0.480 e. The molecule has 0 saturated heterocycles. The van der Waals surface area contributed by atoms with Crippen molar-refractivity contribution in [3.63, 3.8) is 0 Å². The summed E-state index contributed by atoms with van der Waals surface area (Å²) in [6.07, 6.45) is 0. The molecular weight excluding hydrogens is 350 g/mol. The Bertz CT molecular complexity index is 278. The highest BCUT2D eigenvalue weighted by molar-refractivity contribution is 9.09. The smallest absolute Gasteiger partial charge is 0.329 e. The second-order valence-electron chi connectivity index (χ2n) is 3.76. The van der Waals surface area contributed by atoms with Gasteiger partial charge >= 0.3 is 5.97 Å². The van der Waals surface area contributed by atoms with Gasteiger partial charge in [-0.05, 0) is 0 Å². The van der Waals surface area contributed by atoms with E-state index in [1.165, 1.54) is 0 Å². The maximum atomic E-state index is 11.2. The first kappa shape index (κ1) is 20.3. The van der Waals surface area contributed by atoms with E-state index >= 15 is 0 Å². The Morgan fingerprint density at radius 3 is 2.00 bits per heavy atom. The van der Waals surface area contributed by atoms with Gasteiger partial charge in [0.05, 0.1) is 39.6 Å². The molecule has 0 heterocycles. The van der Waals surface area contributed by atoms with Gasteiger partial charge in [-0.1, -0.05) is 15.9 Å². The normalized spacial score (nSPS) is 10.5. The second kappa shape index (κ2) is 15.6. The second-order valence-corrected chi connectivity index (χ2v) is 4.56. The Hall–Kier alpha value is -0.740. The number of ether oxygens (including phenoxy) is 4. The van der Waals surface area contributed by atoms with Crippen molar-refractivity contribution in [3.05, 3.63) is 0 Å². The number of carboxylic acids is 1. The minimum atomic E-state index is -1.11. The SMILES string of the molecule is O=C(O)COCC(=O)NCCOCCOCCOCCBr. The molecule has 0 aromatic heterocycles. The molecule has 21 heavy (non-hydrogen) atoms. The van der Waals surface area contributed by atoms with Crippen LogP contribution in [0.3, 0.4) is 0 Å². The molecule has 0 aliphatic carbocycles. The van der Waals surface area contributed by atoms with Crippen LogP contribution in [0.2, 0.25) is 0 Å². The Balaban J connectivity index is 3.14. The molecule has 8 nitrogen and oxygen atoms in total. The van der Waals surface area contributed by atoms with Crippen LogP contribution in [-0.4, -0.2) is 81.7 Å². The predicted octanol–water partition coefficient (Wildman–Crippen LogP) is -0.351. The minimum absolute atomic E-state index is 0.274. The van der Waals surface area contributed by atoms with Crippen molar-refractivity contribution in [2.45, 2.75) is 0 Å². The molecule has 0 aliphatic rings. The summed E-state index contributed by atoms with van der Waals surface area (Å²) in [4.78, 5) is 21.3. The van der Waals surface area contributed by atoms with Gasteiger partial charge in [0.25, 0.3) is 0 Å². The highest BCUT2D eigenvalue weighted by atomic mass is 79.9. The van der Waals surface area contributed by atoms with Crippen LogP contribution in [-0.2, 0) is 28.5 Å². The van der Waals surface area contributed by atoms with Crippen LogP contribution in [0.15, 0.2) is 0 Å². The molecule has 124 valence electrons. The van der Waals surface area contributed by atoms with Crippen LogP contribution in [0.5, 0.6) is 0 Å². The van der Waals surface area contributed by atoms with E-state index in [0.717, 1.165) is 5.33 Å². The third-order valence-corrected chi connectivity index (χ3v) is 2.32. The maximum absolute atomic E-state index is 11.2. The Morgan fingerprint density at radius 2 is 1.43 bits per heavy atom. The van der Waals surface area contributed by atoms with Crippen molar-refractivity contribution in [1.82, 2.24) is 5.32 Å². The summed E-state index contributed by atoms with van der Waals surface area (Å²) in [5, 5.41) is 11.6. The summed E-state index contributed by atoms with van der Waals surface area (Å²) in [5.74, 6) is -1.48. The summed E-state index contributed by atoms with van der Waals surface area (Å²) in [7, 11) is 0. The van der Waals surface area contributed by atoms with Gasteiger partial charge in [-0.3, -0.25) is 4.79 Å². The number of carboxylic acid groups (broad SMARTS) is 1. The van der Waals surface area contributed by atoms with Crippen molar-refractivity contribution < 1.29 is 33.6 Å². The molecule has 0 aliphatic heterocycles. The number of hydrogen-bond acceptors (Lipinski definition) is 6. The summed E-state index contributed by atoms with van der Waals surface area (Å²) in [6.45, 7) is 2.57. The maximum Gasteiger partial charge on any atom is 0.329 e. The average Bonchev–Trinajstić information content (AvgIpc) is 2.44. The van der Waals surface area contributed by atoms with E-state index in [1.807, 2.05) is 0 Å². The molecule has 0 aromatic rings. The standard InChI is InChI=1S/C12H22BrNO7/c13-1-3-18-5-7-20-8-6-19-4-2-14-11(15)9-21-10-12(16)17/h1-10H2,(H,14,15)(H,16,17). The highest BCUT2D eigenvalue weighted by Crippen LogP contribution is 1.84. The number of carbonyl (C=O) groups is 2. The number of alkyl halides is 1. The number of aliphatic carboxylic acids is 1. The monoisotopic (exact) mass is 371 g/mol. The molecule has 1 amide bonds. The van der Waals surface area contributed by atoms with Crippen LogP contribution in [0, 0.1) is 0 Å². The zero-order valence-corrected chi connectivity index (χ0v) is 13.4. The lowest BCUT2D eigenvalue weighted by atomic mass is 10.6. The van der Waals surface area contributed by atoms with Crippen LogP contribution in [0.25, 0.3) is 0 Å². The van der Waals surface area contributed by atoms with Gasteiger partial charge < -0.3 is 29.4 Å². The van der Waals surface area contributed by atoms with E-state index in [1.54, 1.807) is 0 Å². The fourth-order valence-corrected chi connectivity index (χ4v) is 1.37. The van der Waals surface area contributed by atoms with Gasteiger partial charge in [-0.2, -0.15) is 0 Å². The molecule has 0 fully saturated rings. The molecule has 9 heteroatoms. The van der Waals surface area contributed by atoms with Crippen molar-refractivity contribution in [1.29, 1.82) is 0 Å². The lowest BCUT2D eigenvalue weighted by Crippen LogP contribution is -2.31. The van der Waals surface area contributed by atoms with Gasteiger partial charge in [-0.25, -0.2) is 4.79 Å². The first-order valence-electron chi connectivity index (χ1n) is 6.52. The number of amides is 1. The van der Waals surface area contributed by atoms with Crippen LogP contribution >= 0.6 is 15.9 Å². The summed E-state index contributed by atoms with van der Waals surface area (Å²) in [5.41, 5.74) is 0. The van der Waals surface area contributed by atoms with Crippen molar-refractivity contribution >= 4 is 27.8 Å². The van der Waals surface area contributed by atoms with E-state index in [0.29, 0.717) is 46.2 Å². The summed E-state index contributed by atoms with van der Waals surface area (Å²) >= 11 is 3.25. The largest absolute Gasteiger partial charge is 0.480 e. The van der Waals surface area contributed by atoms with Crippen LogP contribution < -0.4 is 5.32 Å². The van der Waals surface area contributed by atoms with Crippen molar-refractivity contribution in [3.8, 4) is 0 Å². The first-order chi connectivity index (χ1) is 10.2. The number of halogens is 1. The molecule has 2 N–H and O–H groups in total. The molecule has 0 rings (SSSR count). The van der Waals surface area contributed by atoms with Gasteiger partial charge in [-0.15, -0.1) is 0 Å². The Kier molecular flexibility index (Phi) is 15.1. The highest BCUT2D eigenvalue weighted by Gasteiger charge is 2.02. The number of carbonyl (C=O) groups excluding carboxylic acids is 1. The Morgan fingerprint density at radius 1 is 0.857 bits per heavy atom. The molecular formula is C12H22BrNO7. The molecule has 0 atom stereocenters. The lowest BCUT2D eigenvalue weighted by Gasteiger charge is -2.07. The molecule has 0 radical (unpaired) electrons. The molecule has 0 spiro atoms. The average molecular weight is 372 g/mol. The fourth-order valence-electron chi connectivity index (χ4n) is 1.14. The predicted molar refractivity (Wildman–Crippen MR) is 77.7 cm³/mol. The van der Waals surface area contributed by atoms with Crippen LogP contribution in [0.1, 0.15) is 0 Å². The number of rotatable bonds is 15. The molecule has 0 aromatic carbocycles. The third kappa shape index (κ3) is 17.2. The fraction of sp³-hybridized carbons (Fsp3) is 0.833. The van der Waals surface area contributed by atoms with Gasteiger partial charge in [0, 0.05) is 11.9 Å². The third-order valence-electron chi connectivity index (χ3n) is 1.99. The van der Waals surface area contributed by atoms with Gasteiger partial charge in [0.2, 0.25) is 5.91 Å². The van der Waals surface area contributed by atoms with E-state index < -0.39 is 12.6 Å². The summed E-state index contributed by atoms with van der Waals surface area (Å²) < 4.78 is 20.3. The quantitative estimate of drug-likeness (QED) is 0.299. The van der Waals surface area contributed by atoms with Crippen molar-refractivity contribution in [2.75, 3.05) is 64.7 Å². The summed E-state index contributed by atoms with van der Waals surface area (Å²) in [6, 6.07) is 0. The van der Waals surface area contributed by atoms with E-state index in [4.69, 9.17) is 19.3 Å². The zero-order chi connectivity index (χ0) is 15.8. The number of nitrogens with one attached hydrogen (secondary N) is 1. The molecule has 0 bridgehead atoms. The zero-order valence-electron chi connectivity index (χ0n) is 11.8. The molecule has 0 unspecified atom stereocenters. The van der Waals surface area contributed by atoms with Crippen molar-refractivity contribution in [2.24, 2.45) is 0 Å². The van der Waals surface area contributed by atoms with E-state index in [-0.39, 0.29) is 12.5 Å². The Labute approximate surface area is 132 Å². The lowest BCUT2D eigenvalue weighted by molar-refractivity contribution is -0.143. The molecule has 0 saturated carbocycles. The number of hydrogen-bond donors (Lipinski definition) is 2. The first-order valence-corrected chi connectivity index (χ1v) is 7.64.